The molecule has 0 aromatic heterocycles. The number of nitrogens with one attached hydrogen (secondary N) is 1. The molecule has 4 atom stereocenters. The third-order valence-corrected chi connectivity index (χ3v) is 8.83. The van der Waals surface area contributed by atoms with Crippen LogP contribution in [0.4, 0.5) is 8.78 Å². The summed E-state index contributed by atoms with van der Waals surface area (Å²) in [7, 11) is -4.24. The molecule has 1 spiro atoms. The maximum absolute atomic E-state index is 15.7. The number of carbonyl (C=O) groups is 1. The maximum Gasteiger partial charge on any atom is 0.252 e. The average molecular weight is 491 g/mol. The van der Waals surface area contributed by atoms with Crippen molar-refractivity contribution in [1.82, 2.24) is 9.62 Å². The monoisotopic (exact) mass is 490 g/mol. The summed E-state index contributed by atoms with van der Waals surface area (Å²) in [6.07, 6.45) is 1.60. The van der Waals surface area contributed by atoms with Crippen LogP contribution in [0.3, 0.4) is 0 Å². The predicted octanol–water partition coefficient (Wildman–Crippen LogP) is 3.42. The van der Waals surface area contributed by atoms with E-state index in [1.807, 2.05) is 30.3 Å². The molecule has 2 aliphatic heterocycles. The van der Waals surface area contributed by atoms with E-state index >= 15 is 4.39 Å². The molecule has 1 aliphatic carbocycles. The van der Waals surface area contributed by atoms with Crippen molar-refractivity contribution >= 4 is 15.9 Å². The van der Waals surface area contributed by atoms with Crippen molar-refractivity contribution in [2.24, 2.45) is 5.41 Å². The molecule has 5 rings (SSSR count). The molecule has 1 N–H and O–H groups in total. The average Bonchev–Trinajstić information content (AvgIpc) is 3.49. The quantitative estimate of drug-likeness (QED) is 0.646. The van der Waals surface area contributed by atoms with Gasteiger partial charge in [0.1, 0.15) is 11.9 Å². The van der Waals surface area contributed by atoms with Gasteiger partial charge in [-0.25, -0.2) is 21.9 Å². The summed E-state index contributed by atoms with van der Waals surface area (Å²) in [5, 5.41) is 0. The number of ether oxygens (including phenoxy) is 1. The Kier molecular flexibility index (Phi) is 5.98. The van der Waals surface area contributed by atoms with Crippen molar-refractivity contribution in [1.29, 1.82) is 0 Å². The molecule has 2 aromatic carbocycles. The molecule has 3 fully saturated rings. The van der Waals surface area contributed by atoms with E-state index in [0.717, 1.165) is 25.3 Å². The number of sulfonamides is 1. The van der Waals surface area contributed by atoms with E-state index in [0.29, 0.717) is 30.7 Å². The van der Waals surface area contributed by atoms with Crippen molar-refractivity contribution in [3.05, 3.63) is 59.9 Å². The molecular formula is C25H28F2N2O4S. The van der Waals surface area contributed by atoms with Gasteiger partial charge in [-0.15, -0.1) is 0 Å². The lowest BCUT2D eigenvalue weighted by Gasteiger charge is -2.34. The first kappa shape index (κ1) is 23.4. The summed E-state index contributed by atoms with van der Waals surface area (Å²) in [4.78, 5) is 14.9. The van der Waals surface area contributed by atoms with Crippen LogP contribution in [-0.2, 0) is 26.0 Å². The van der Waals surface area contributed by atoms with Crippen molar-refractivity contribution in [3.8, 4) is 11.1 Å². The number of hydrogen-bond acceptors (Lipinski definition) is 4. The first-order valence-corrected chi connectivity index (χ1v) is 13.2. The third-order valence-electron chi connectivity index (χ3n) is 7.39. The Hall–Kier alpha value is -2.36. The number of rotatable bonds is 7. The van der Waals surface area contributed by atoms with Gasteiger partial charge in [0.05, 0.1) is 12.6 Å². The Morgan fingerprint density at radius 3 is 2.50 bits per heavy atom. The zero-order valence-corrected chi connectivity index (χ0v) is 19.7. The predicted molar refractivity (Wildman–Crippen MR) is 123 cm³/mol. The molecule has 9 heteroatoms. The van der Waals surface area contributed by atoms with Gasteiger partial charge in [-0.05, 0) is 37.3 Å². The standard InChI is InChI=1S/C25H28F2N2O4S/c1-16(26)34(31,32)28-23-20(29(15-25(23)11-12-25)24(30)21-10-13-33-21)14-18-8-5-9-19(22(18)27)17-6-3-2-4-7-17/h2-9,16,20-21,23,28H,10-15H2,1H3/t16-,20-,21+,23+/m0/s1. The molecule has 2 saturated heterocycles. The highest BCUT2D eigenvalue weighted by Crippen LogP contribution is 2.56. The fourth-order valence-electron chi connectivity index (χ4n) is 5.14. The van der Waals surface area contributed by atoms with E-state index in [-0.39, 0.29) is 12.3 Å². The molecule has 182 valence electrons. The molecule has 0 bridgehead atoms. The summed E-state index contributed by atoms with van der Waals surface area (Å²) >= 11 is 0. The van der Waals surface area contributed by atoms with Crippen LogP contribution >= 0.6 is 0 Å². The first-order chi connectivity index (χ1) is 16.2. The number of likely N-dealkylation sites (tertiary alicyclic amines) is 1. The topological polar surface area (TPSA) is 75.7 Å². The molecule has 3 aliphatic rings. The first-order valence-electron chi connectivity index (χ1n) is 11.6. The number of carbonyl (C=O) groups excluding carboxylic acids is 1. The number of hydrogen-bond donors (Lipinski definition) is 1. The highest BCUT2D eigenvalue weighted by atomic mass is 32.2. The van der Waals surface area contributed by atoms with Crippen molar-refractivity contribution in [2.75, 3.05) is 13.2 Å². The van der Waals surface area contributed by atoms with Crippen LogP contribution in [0.1, 0.15) is 31.7 Å². The number of halogens is 2. The van der Waals surface area contributed by atoms with Crippen LogP contribution in [0, 0.1) is 11.2 Å². The lowest BCUT2D eigenvalue weighted by Crippen LogP contribution is -2.53. The van der Waals surface area contributed by atoms with Crippen LogP contribution < -0.4 is 4.72 Å². The minimum absolute atomic E-state index is 0.112. The molecule has 34 heavy (non-hydrogen) atoms. The van der Waals surface area contributed by atoms with E-state index < -0.39 is 44.9 Å². The van der Waals surface area contributed by atoms with E-state index in [4.69, 9.17) is 4.74 Å². The molecule has 2 heterocycles. The second-order valence-corrected chi connectivity index (χ2v) is 11.6. The minimum atomic E-state index is -4.24. The minimum Gasteiger partial charge on any atom is -0.368 e. The Balaban J connectivity index is 1.51. The van der Waals surface area contributed by atoms with Crippen LogP contribution in [0.2, 0.25) is 0 Å². The van der Waals surface area contributed by atoms with Crippen molar-refractivity contribution < 1.29 is 26.7 Å². The third kappa shape index (κ3) is 4.14. The number of alkyl halides is 1. The smallest absolute Gasteiger partial charge is 0.252 e. The van der Waals surface area contributed by atoms with Gasteiger partial charge in [0, 0.05) is 30.0 Å². The normalized spacial score (nSPS) is 26.3. The summed E-state index contributed by atoms with van der Waals surface area (Å²) in [5.74, 6) is -0.615. The Morgan fingerprint density at radius 1 is 1.21 bits per heavy atom. The summed E-state index contributed by atoms with van der Waals surface area (Å²) in [6.45, 7) is 1.83. The van der Waals surface area contributed by atoms with Crippen LogP contribution in [-0.4, -0.2) is 56.1 Å². The summed E-state index contributed by atoms with van der Waals surface area (Å²) in [6, 6.07) is 12.9. The Morgan fingerprint density at radius 2 is 1.91 bits per heavy atom. The van der Waals surface area contributed by atoms with Crippen LogP contribution in [0.25, 0.3) is 11.1 Å². The zero-order chi connectivity index (χ0) is 24.1. The van der Waals surface area contributed by atoms with E-state index in [9.17, 15) is 17.6 Å². The lowest BCUT2D eigenvalue weighted by atomic mass is 9.91. The fraction of sp³-hybridized carbons (Fsp3) is 0.480. The molecule has 0 radical (unpaired) electrons. The van der Waals surface area contributed by atoms with Gasteiger partial charge in [0.15, 0.2) is 0 Å². The summed E-state index contributed by atoms with van der Waals surface area (Å²) in [5.41, 5.74) is -1.01. The Labute approximate surface area is 198 Å². The number of benzene rings is 2. The van der Waals surface area contributed by atoms with Crippen molar-refractivity contribution in [2.45, 2.75) is 56.3 Å². The fourth-order valence-corrected chi connectivity index (χ4v) is 6.08. The van der Waals surface area contributed by atoms with Crippen LogP contribution in [0.15, 0.2) is 48.5 Å². The molecular weight excluding hydrogens is 462 g/mol. The van der Waals surface area contributed by atoms with Gasteiger partial charge in [0.25, 0.3) is 5.91 Å². The highest BCUT2D eigenvalue weighted by Gasteiger charge is 2.62. The van der Waals surface area contributed by atoms with Crippen molar-refractivity contribution in [3.63, 3.8) is 0 Å². The zero-order valence-electron chi connectivity index (χ0n) is 18.9. The highest BCUT2D eigenvalue weighted by molar-refractivity contribution is 7.89. The lowest BCUT2D eigenvalue weighted by molar-refractivity contribution is -0.157. The molecule has 2 aromatic rings. The SMILES string of the molecule is C[C@@H](F)S(=O)(=O)N[C@@H]1[C@H](Cc2cccc(-c3ccccc3)c2F)N(C(=O)[C@H]2CCO2)CC12CC2. The Bertz CT molecular complexity index is 1180. The van der Waals surface area contributed by atoms with Gasteiger partial charge in [-0.1, -0.05) is 48.5 Å². The van der Waals surface area contributed by atoms with Gasteiger partial charge in [-0.2, -0.15) is 0 Å². The van der Waals surface area contributed by atoms with Gasteiger partial charge < -0.3 is 9.64 Å². The molecule has 1 amide bonds. The van der Waals surface area contributed by atoms with E-state index in [2.05, 4.69) is 4.72 Å². The van der Waals surface area contributed by atoms with Crippen LogP contribution in [0.5, 0.6) is 0 Å². The largest absolute Gasteiger partial charge is 0.368 e. The van der Waals surface area contributed by atoms with Gasteiger partial charge in [-0.3, -0.25) is 4.79 Å². The second kappa shape index (κ2) is 8.70. The van der Waals surface area contributed by atoms with Gasteiger partial charge >= 0.3 is 0 Å². The molecule has 6 nitrogen and oxygen atoms in total. The second-order valence-electron chi connectivity index (χ2n) is 9.58. The maximum atomic E-state index is 15.7. The van der Waals surface area contributed by atoms with E-state index in [1.54, 1.807) is 23.1 Å². The van der Waals surface area contributed by atoms with E-state index in [1.165, 1.54) is 0 Å². The summed E-state index contributed by atoms with van der Waals surface area (Å²) < 4.78 is 62.5. The van der Waals surface area contributed by atoms with Gasteiger partial charge in [0.2, 0.25) is 15.5 Å². The number of nitrogens with zero attached hydrogens (tertiary/aromatic N) is 1. The molecule has 1 saturated carbocycles. The number of amides is 1. The molecule has 0 unspecified atom stereocenters.